The molecule has 3 nitrogen and oxygen atoms in total. The summed E-state index contributed by atoms with van der Waals surface area (Å²) < 4.78 is 0. The van der Waals surface area contributed by atoms with Crippen LogP contribution >= 0.6 is 0 Å². The predicted molar refractivity (Wildman–Crippen MR) is 91.0 cm³/mol. The molecule has 1 amide bonds. The standard InChI is InChI=1S/C19H26N2O/c1-5-13-8-14-9-15(11-20-18(22)19(4)6-7-19)21-17(14)10-16(13)12(2)3/h8-10,12,21H,5-7,11H2,1-4H3,(H,20,22). The first-order valence-corrected chi connectivity index (χ1v) is 8.35. The van der Waals surface area contributed by atoms with Crippen LogP contribution in [0, 0.1) is 5.41 Å². The second-order valence-corrected chi connectivity index (χ2v) is 7.18. The minimum Gasteiger partial charge on any atom is -0.357 e. The summed E-state index contributed by atoms with van der Waals surface area (Å²) in [6, 6.07) is 6.72. The number of carbonyl (C=O) groups is 1. The fourth-order valence-corrected chi connectivity index (χ4v) is 3.05. The number of hydrogen-bond donors (Lipinski definition) is 2. The van der Waals surface area contributed by atoms with Gasteiger partial charge in [0.15, 0.2) is 0 Å². The highest BCUT2D eigenvalue weighted by Gasteiger charge is 2.44. The highest BCUT2D eigenvalue weighted by molar-refractivity contribution is 5.85. The second kappa shape index (κ2) is 5.45. The van der Waals surface area contributed by atoms with Crippen molar-refractivity contribution in [2.24, 2.45) is 5.41 Å². The minimum atomic E-state index is -0.105. The largest absolute Gasteiger partial charge is 0.357 e. The van der Waals surface area contributed by atoms with Crippen molar-refractivity contribution in [1.82, 2.24) is 10.3 Å². The van der Waals surface area contributed by atoms with Crippen LogP contribution in [0.1, 0.15) is 63.3 Å². The molecule has 0 saturated heterocycles. The lowest BCUT2D eigenvalue weighted by molar-refractivity contribution is -0.125. The van der Waals surface area contributed by atoms with Crippen molar-refractivity contribution in [3.63, 3.8) is 0 Å². The van der Waals surface area contributed by atoms with Crippen molar-refractivity contribution in [1.29, 1.82) is 0 Å². The van der Waals surface area contributed by atoms with Crippen molar-refractivity contribution < 1.29 is 4.79 Å². The Labute approximate surface area is 132 Å². The van der Waals surface area contributed by atoms with Gasteiger partial charge in [0.05, 0.1) is 6.54 Å². The van der Waals surface area contributed by atoms with Gasteiger partial charge in [0, 0.05) is 22.0 Å². The monoisotopic (exact) mass is 298 g/mol. The molecule has 1 aliphatic rings. The molecule has 1 aromatic carbocycles. The third-order valence-electron chi connectivity index (χ3n) is 4.93. The highest BCUT2D eigenvalue weighted by atomic mass is 16.2. The smallest absolute Gasteiger partial charge is 0.226 e. The Hall–Kier alpha value is -1.77. The molecular formula is C19H26N2O. The van der Waals surface area contributed by atoms with Gasteiger partial charge in [-0.05, 0) is 54.5 Å². The van der Waals surface area contributed by atoms with Crippen LogP contribution in [0.3, 0.4) is 0 Å². The normalized spacial score (nSPS) is 16.2. The van der Waals surface area contributed by atoms with E-state index in [0.29, 0.717) is 12.5 Å². The number of benzene rings is 1. The number of aryl methyl sites for hydroxylation is 1. The molecule has 3 heteroatoms. The van der Waals surface area contributed by atoms with E-state index in [1.807, 2.05) is 6.92 Å². The zero-order chi connectivity index (χ0) is 15.9. The summed E-state index contributed by atoms with van der Waals surface area (Å²) in [7, 11) is 0. The zero-order valence-corrected chi connectivity index (χ0v) is 14.0. The molecule has 0 aliphatic heterocycles. The SMILES string of the molecule is CCc1cc2cc(CNC(=O)C3(C)CC3)[nH]c2cc1C(C)C. The van der Waals surface area contributed by atoms with E-state index in [2.05, 4.69) is 49.3 Å². The summed E-state index contributed by atoms with van der Waals surface area (Å²) >= 11 is 0. The van der Waals surface area contributed by atoms with Crippen LogP contribution in [0.15, 0.2) is 18.2 Å². The van der Waals surface area contributed by atoms with Gasteiger partial charge < -0.3 is 10.3 Å². The lowest BCUT2D eigenvalue weighted by Gasteiger charge is -2.11. The number of hydrogen-bond acceptors (Lipinski definition) is 1. The van der Waals surface area contributed by atoms with Crippen LogP contribution in [0.25, 0.3) is 10.9 Å². The van der Waals surface area contributed by atoms with E-state index in [9.17, 15) is 4.79 Å². The molecule has 0 atom stereocenters. The Morgan fingerprint density at radius 3 is 2.64 bits per heavy atom. The molecule has 1 aliphatic carbocycles. The number of amides is 1. The predicted octanol–water partition coefficient (Wildman–Crippen LogP) is 4.27. The summed E-state index contributed by atoms with van der Waals surface area (Å²) in [4.78, 5) is 15.5. The summed E-state index contributed by atoms with van der Waals surface area (Å²) in [5.41, 5.74) is 4.98. The van der Waals surface area contributed by atoms with Gasteiger partial charge in [-0.3, -0.25) is 4.79 Å². The lowest BCUT2D eigenvalue weighted by Crippen LogP contribution is -2.29. The number of rotatable bonds is 5. The highest BCUT2D eigenvalue weighted by Crippen LogP contribution is 2.45. The Morgan fingerprint density at radius 1 is 1.32 bits per heavy atom. The molecule has 0 radical (unpaired) electrons. The van der Waals surface area contributed by atoms with Gasteiger partial charge in [0.1, 0.15) is 0 Å². The Balaban J connectivity index is 1.81. The van der Waals surface area contributed by atoms with E-state index in [1.54, 1.807) is 0 Å². The Morgan fingerprint density at radius 2 is 2.05 bits per heavy atom. The van der Waals surface area contributed by atoms with Crippen LogP contribution in [0.2, 0.25) is 0 Å². The Kier molecular flexibility index (Phi) is 3.75. The maximum absolute atomic E-state index is 12.0. The first kappa shape index (κ1) is 15.1. The van der Waals surface area contributed by atoms with Gasteiger partial charge in [-0.15, -0.1) is 0 Å². The van der Waals surface area contributed by atoms with Crippen molar-refractivity contribution in [3.8, 4) is 0 Å². The van der Waals surface area contributed by atoms with Crippen LogP contribution in [0.4, 0.5) is 0 Å². The maximum atomic E-state index is 12.0. The molecule has 0 bridgehead atoms. The third-order valence-corrected chi connectivity index (χ3v) is 4.93. The topological polar surface area (TPSA) is 44.9 Å². The summed E-state index contributed by atoms with van der Waals surface area (Å²) in [5, 5.41) is 4.30. The number of aromatic nitrogens is 1. The molecule has 1 aromatic heterocycles. The number of nitrogens with one attached hydrogen (secondary N) is 2. The van der Waals surface area contributed by atoms with E-state index in [0.717, 1.165) is 25.0 Å². The van der Waals surface area contributed by atoms with E-state index < -0.39 is 0 Å². The van der Waals surface area contributed by atoms with Gasteiger partial charge in [-0.2, -0.15) is 0 Å². The molecule has 1 fully saturated rings. The van der Waals surface area contributed by atoms with Crippen LogP contribution in [-0.4, -0.2) is 10.9 Å². The van der Waals surface area contributed by atoms with Gasteiger partial charge in [0.25, 0.3) is 0 Å². The van der Waals surface area contributed by atoms with E-state index in [-0.39, 0.29) is 11.3 Å². The summed E-state index contributed by atoms with van der Waals surface area (Å²) in [6.45, 7) is 9.30. The van der Waals surface area contributed by atoms with E-state index in [1.165, 1.54) is 22.0 Å². The molecule has 0 unspecified atom stereocenters. The van der Waals surface area contributed by atoms with Crippen LogP contribution in [0.5, 0.6) is 0 Å². The molecule has 118 valence electrons. The molecule has 1 saturated carbocycles. The lowest BCUT2D eigenvalue weighted by atomic mass is 9.94. The van der Waals surface area contributed by atoms with E-state index in [4.69, 9.17) is 0 Å². The third kappa shape index (κ3) is 2.77. The van der Waals surface area contributed by atoms with Crippen molar-refractivity contribution >= 4 is 16.8 Å². The second-order valence-electron chi connectivity index (χ2n) is 7.18. The molecular weight excluding hydrogens is 272 g/mol. The summed E-state index contributed by atoms with van der Waals surface area (Å²) in [6.07, 6.45) is 3.09. The van der Waals surface area contributed by atoms with Crippen molar-refractivity contribution in [2.45, 2.75) is 59.4 Å². The van der Waals surface area contributed by atoms with Gasteiger partial charge in [0.2, 0.25) is 5.91 Å². The van der Waals surface area contributed by atoms with Gasteiger partial charge >= 0.3 is 0 Å². The quantitative estimate of drug-likeness (QED) is 0.850. The average molecular weight is 298 g/mol. The maximum Gasteiger partial charge on any atom is 0.226 e. The van der Waals surface area contributed by atoms with Crippen LogP contribution in [-0.2, 0) is 17.8 Å². The molecule has 2 aromatic rings. The molecule has 22 heavy (non-hydrogen) atoms. The van der Waals surface area contributed by atoms with Gasteiger partial charge in [-0.1, -0.05) is 27.7 Å². The number of fused-ring (bicyclic) bond motifs is 1. The number of carbonyl (C=O) groups excluding carboxylic acids is 1. The average Bonchev–Trinajstić information content (AvgIpc) is 3.12. The number of H-pyrrole nitrogens is 1. The Bertz CT molecular complexity index is 708. The number of aromatic amines is 1. The van der Waals surface area contributed by atoms with Crippen molar-refractivity contribution in [2.75, 3.05) is 0 Å². The minimum absolute atomic E-state index is 0.105. The molecule has 3 rings (SSSR count). The first-order valence-electron chi connectivity index (χ1n) is 8.35. The molecule has 2 N–H and O–H groups in total. The van der Waals surface area contributed by atoms with E-state index >= 15 is 0 Å². The summed E-state index contributed by atoms with van der Waals surface area (Å²) in [5.74, 6) is 0.712. The van der Waals surface area contributed by atoms with Crippen LogP contribution < -0.4 is 5.32 Å². The fraction of sp³-hybridized carbons (Fsp3) is 0.526. The zero-order valence-electron chi connectivity index (χ0n) is 14.0. The van der Waals surface area contributed by atoms with Gasteiger partial charge in [-0.25, -0.2) is 0 Å². The molecule has 1 heterocycles. The van der Waals surface area contributed by atoms with Crippen molar-refractivity contribution in [3.05, 3.63) is 35.0 Å². The first-order chi connectivity index (χ1) is 10.4. The molecule has 0 spiro atoms. The fourth-order valence-electron chi connectivity index (χ4n) is 3.05.